The minimum absolute atomic E-state index is 0.270. The summed E-state index contributed by atoms with van der Waals surface area (Å²) >= 11 is 0. The lowest BCUT2D eigenvalue weighted by Crippen LogP contribution is -2.38. The highest BCUT2D eigenvalue weighted by Gasteiger charge is 2.26. The molecule has 0 aromatic carbocycles. The lowest BCUT2D eigenvalue weighted by atomic mass is 9.99. The van der Waals surface area contributed by atoms with Gasteiger partial charge in [0, 0.05) is 45.7 Å². The molecule has 1 atom stereocenters. The van der Waals surface area contributed by atoms with Crippen LogP contribution in [0.2, 0.25) is 0 Å². The van der Waals surface area contributed by atoms with E-state index < -0.39 is 0 Å². The van der Waals surface area contributed by atoms with E-state index >= 15 is 0 Å². The standard InChI is InChI=1S/C19H31N3O2/c1-2-4-17(3-1)15-24-19-13-21(11-16-6-9-23-10-7-16)12-18-5-8-20-22(18)14-19/h5,8,16-17,19H,1-4,6-7,9-15H2/t19-/m1/s1. The molecule has 5 heteroatoms. The molecule has 1 saturated carbocycles. The third-order valence-electron chi connectivity index (χ3n) is 5.93. The molecule has 2 fully saturated rings. The van der Waals surface area contributed by atoms with Crippen molar-refractivity contribution < 1.29 is 9.47 Å². The molecule has 1 aromatic heterocycles. The van der Waals surface area contributed by atoms with Crippen LogP contribution in [0.5, 0.6) is 0 Å². The molecule has 1 aliphatic carbocycles. The van der Waals surface area contributed by atoms with Gasteiger partial charge in [-0.1, -0.05) is 12.8 Å². The second-order valence-electron chi connectivity index (χ2n) is 7.86. The van der Waals surface area contributed by atoms with E-state index in [2.05, 4.69) is 20.7 Å². The van der Waals surface area contributed by atoms with E-state index in [4.69, 9.17) is 9.47 Å². The summed E-state index contributed by atoms with van der Waals surface area (Å²) in [5.41, 5.74) is 1.33. The summed E-state index contributed by atoms with van der Waals surface area (Å²) in [7, 11) is 0. The molecule has 5 nitrogen and oxygen atoms in total. The second-order valence-corrected chi connectivity index (χ2v) is 7.86. The number of aromatic nitrogens is 2. The molecule has 3 aliphatic rings. The van der Waals surface area contributed by atoms with Gasteiger partial charge in [-0.2, -0.15) is 5.10 Å². The van der Waals surface area contributed by atoms with Crippen molar-refractivity contribution in [1.29, 1.82) is 0 Å². The Labute approximate surface area is 145 Å². The first-order valence-electron chi connectivity index (χ1n) is 9.79. The van der Waals surface area contributed by atoms with Gasteiger partial charge in [0.15, 0.2) is 0 Å². The smallest absolute Gasteiger partial charge is 0.0897 e. The van der Waals surface area contributed by atoms with Crippen molar-refractivity contribution in [3.63, 3.8) is 0 Å². The van der Waals surface area contributed by atoms with Gasteiger partial charge in [-0.3, -0.25) is 9.58 Å². The van der Waals surface area contributed by atoms with Crippen LogP contribution in [0.3, 0.4) is 0 Å². The molecule has 0 spiro atoms. The number of hydrogen-bond acceptors (Lipinski definition) is 4. The molecule has 0 radical (unpaired) electrons. The Hall–Kier alpha value is -0.910. The number of hydrogen-bond donors (Lipinski definition) is 0. The molecule has 1 saturated heterocycles. The summed E-state index contributed by atoms with van der Waals surface area (Å²) in [5, 5.41) is 4.52. The molecule has 0 N–H and O–H groups in total. The van der Waals surface area contributed by atoms with Crippen molar-refractivity contribution >= 4 is 0 Å². The molecule has 134 valence electrons. The molecular weight excluding hydrogens is 302 g/mol. The maximum Gasteiger partial charge on any atom is 0.0897 e. The van der Waals surface area contributed by atoms with E-state index in [1.54, 1.807) is 0 Å². The monoisotopic (exact) mass is 333 g/mol. The van der Waals surface area contributed by atoms with Crippen LogP contribution in [0.4, 0.5) is 0 Å². The van der Waals surface area contributed by atoms with E-state index in [1.807, 2.05) is 6.20 Å². The molecule has 0 bridgehead atoms. The topological polar surface area (TPSA) is 39.5 Å². The van der Waals surface area contributed by atoms with Crippen molar-refractivity contribution in [2.45, 2.75) is 57.7 Å². The fourth-order valence-corrected chi connectivity index (χ4v) is 4.48. The minimum Gasteiger partial charge on any atom is -0.381 e. The minimum atomic E-state index is 0.270. The van der Waals surface area contributed by atoms with Gasteiger partial charge in [-0.15, -0.1) is 0 Å². The van der Waals surface area contributed by atoms with Gasteiger partial charge in [-0.25, -0.2) is 0 Å². The fraction of sp³-hybridized carbons (Fsp3) is 0.842. The van der Waals surface area contributed by atoms with Crippen LogP contribution in [0, 0.1) is 11.8 Å². The van der Waals surface area contributed by atoms with Gasteiger partial charge in [0.2, 0.25) is 0 Å². The van der Waals surface area contributed by atoms with Gasteiger partial charge in [0.05, 0.1) is 18.3 Å². The molecule has 0 amide bonds. The van der Waals surface area contributed by atoms with E-state index in [-0.39, 0.29) is 6.10 Å². The molecule has 4 rings (SSSR count). The average Bonchev–Trinajstić information content (AvgIpc) is 3.23. The van der Waals surface area contributed by atoms with E-state index in [0.29, 0.717) is 0 Å². The Balaban J connectivity index is 1.37. The first-order chi connectivity index (χ1) is 11.9. The van der Waals surface area contributed by atoms with Gasteiger partial charge in [-0.05, 0) is 43.6 Å². The summed E-state index contributed by atoms with van der Waals surface area (Å²) in [5.74, 6) is 1.55. The van der Waals surface area contributed by atoms with Crippen LogP contribution in [-0.2, 0) is 22.6 Å². The van der Waals surface area contributed by atoms with Crippen molar-refractivity contribution in [2.24, 2.45) is 11.8 Å². The average molecular weight is 333 g/mol. The van der Waals surface area contributed by atoms with Crippen molar-refractivity contribution in [1.82, 2.24) is 14.7 Å². The number of nitrogens with zero attached hydrogens (tertiary/aromatic N) is 3. The molecule has 3 heterocycles. The van der Waals surface area contributed by atoms with Gasteiger partial charge >= 0.3 is 0 Å². The SMILES string of the molecule is c1cc2n(n1)C[C@H](OCC1CCCC1)CN(CC1CCOCC1)C2. The van der Waals surface area contributed by atoms with Crippen molar-refractivity contribution in [2.75, 3.05) is 32.9 Å². The lowest BCUT2D eigenvalue weighted by Gasteiger charge is -2.30. The van der Waals surface area contributed by atoms with Crippen LogP contribution in [0.15, 0.2) is 12.3 Å². The van der Waals surface area contributed by atoms with E-state index in [0.717, 1.165) is 57.8 Å². The van der Waals surface area contributed by atoms with Crippen molar-refractivity contribution in [3.8, 4) is 0 Å². The quantitative estimate of drug-likeness (QED) is 0.830. The Morgan fingerprint density at radius 3 is 2.75 bits per heavy atom. The van der Waals surface area contributed by atoms with Crippen LogP contribution in [-0.4, -0.2) is 53.7 Å². The Morgan fingerprint density at radius 1 is 1.08 bits per heavy atom. The Bertz CT molecular complexity index is 506. The normalized spacial score (nSPS) is 27.2. The van der Waals surface area contributed by atoms with Gasteiger partial charge in [0.25, 0.3) is 0 Å². The highest BCUT2D eigenvalue weighted by molar-refractivity contribution is 5.02. The van der Waals surface area contributed by atoms with Crippen LogP contribution >= 0.6 is 0 Å². The molecule has 0 unspecified atom stereocenters. The highest BCUT2D eigenvalue weighted by Crippen LogP contribution is 2.26. The summed E-state index contributed by atoms with van der Waals surface area (Å²) in [6.07, 6.45) is 10.1. The highest BCUT2D eigenvalue weighted by atomic mass is 16.5. The first kappa shape index (κ1) is 16.6. The Morgan fingerprint density at radius 2 is 1.92 bits per heavy atom. The number of ether oxygens (including phenoxy) is 2. The summed E-state index contributed by atoms with van der Waals surface area (Å²) in [4.78, 5) is 2.59. The van der Waals surface area contributed by atoms with E-state index in [1.165, 1.54) is 44.2 Å². The van der Waals surface area contributed by atoms with Gasteiger partial charge < -0.3 is 9.47 Å². The molecule has 1 aromatic rings. The number of fused-ring (bicyclic) bond motifs is 1. The van der Waals surface area contributed by atoms with Gasteiger partial charge in [0.1, 0.15) is 0 Å². The van der Waals surface area contributed by atoms with Crippen LogP contribution in [0.1, 0.15) is 44.2 Å². The second kappa shape index (κ2) is 7.98. The number of rotatable bonds is 5. The first-order valence-corrected chi connectivity index (χ1v) is 9.79. The lowest BCUT2D eigenvalue weighted by molar-refractivity contribution is -0.00614. The predicted octanol–water partition coefficient (Wildman–Crippen LogP) is 2.70. The van der Waals surface area contributed by atoms with Crippen molar-refractivity contribution in [3.05, 3.63) is 18.0 Å². The fourth-order valence-electron chi connectivity index (χ4n) is 4.48. The zero-order valence-corrected chi connectivity index (χ0v) is 14.7. The molecular formula is C19H31N3O2. The zero-order chi connectivity index (χ0) is 16.2. The maximum atomic E-state index is 6.37. The molecule has 24 heavy (non-hydrogen) atoms. The van der Waals surface area contributed by atoms with Crippen LogP contribution in [0.25, 0.3) is 0 Å². The summed E-state index contributed by atoms with van der Waals surface area (Å²) in [6.45, 7) is 6.90. The van der Waals surface area contributed by atoms with E-state index in [9.17, 15) is 0 Å². The van der Waals surface area contributed by atoms with Crippen LogP contribution < -0.4 is 0 Å². The summed E-state index contributed by atoms with van der Waals surface area (Å²) in [6, 6.07) is 2.16. The predicted molar refractivity (Wildman–Crippen MR) is 92.7 cm³/mol. The third-order valence-corrected chi connectivity index (χ3v) is 5.93. The summed E-state index contributed by atoms with van der Waals surface area (Å²) < 4.78 is 14.0. The Kier molecular flexibility index (Phi) is 5.50. The zero-order valence-electron chi connectivity index (χ0n) is 14.7. The third kappa shape index (κ3) is 4.19. The molecule has 2 aliphatic heterocycles. The maximum absolute atomic E-state index is 6.37. The largest absolute Gasteiger partial charge is 0.381 e.